The van der Waals surface area contributed by atoms with Gasteiger partial charge in [0.05, 0.1) is 7.11 Å². The molecule has 1 aromatic carbocycles. The zero-order chi connectivity index (χ0) is 13.7. The first kappa shape index (κ1) is 13.0. The van der Waals surface area contributed by atoms with Crippen LogP contribution in [0.2, 0.25) is 0 Å². The van der Waals surface area contributed by atoms with Gasteiger partial charge >= 0.3 is 5.97 Å². The van der Waals surface area contributed by atoms with Crippen molar-refractivity contribution in [3.63, 3.8) is 0 Å². The Kier molecular flexibility index (Phi) is 4.07. The Bertz CT molecular complexity index is 558. The van der Waals surface area contributed by atoms with Crippen molar-refractivity contribution in [3.8, 4) is 0 Å². The van der Waals surface area contributed by atoms with E-state index in [1.165, 1.54) is 7.11 Å². The zero-order valence-electron chi connectivity index (χ0n) is 10.8. The lowest BCUT2D eigenvalue weighted by Crippen LogP contribution is -2.22. The molecule has 0 amide bonds. The molecule has 2 rings (SSSR count). The van der Waals surface area contributed by atoms with Crippen LogP contribution in [-0.2, 0) is 9.53 Å². The minimum absolute atomic E-state index is 0.359. The van der Waals surface area contributed by atoms with E-state index in [0.29, 0.717) is 11.6 Å². The molecule has 5 heteroatoms. The van der Waals surface area contributed by atoms with Gasteiger partial charge < -0.3 is 10.1 Å². The molecule has 1 aromatic heterocycles. The number of hydrogen-bond donors (Lipinski definition) is 1. The number of nitrogens with one attached hydrogen (secondary N) is 1. The van der Waals surface area contributed by atoms with E-state index in [1.54, 1.807) is 19.2 Å². The number of nitrogens with zero attached hydrogens (tertiary/aromatic N) is 2. The van der Waals surface area contributed by atoms with E-state index in [4.69, 9.17) is 4.74 Å². The molecule has 0 aliphatic carbocycles. The molecule has 0 bridgehead atoms. The summed E-state index contributed by atoms with van der Waals surface area (Å²) in [5, 5.41) is 3.06. The topological polar surface area (TPSA) is 64.1 Å². The molecule has 1 N–H and O–H groups in total. The second-order valence-corrected chi connectivity index (χ2v) is 4.00. The maximum Gasteiger partial charge on any atom is 0.333 e. The monoisotopic (exact) mass is 257 g/mol. The summed E-state index contributed by atoms with van der Waals surface area (Å²) in [6.45, 7) is 1.79. The average Bonchev–Trinajstić information content (AvgIpc) is 2.45. The Morgan fingerprint density at radius 1 is 1.26 bits per heavy atom. The molecule has 0 saturated heterocycles. The first-order valence-corrected chi connectivity index (χ1v) is 5.89. The van der Waals surface area contributed by atoms with Crippen molar-refractivity contribution in [1.29, 1.82) is 0 Å². The fourth-order valence-corrected chi connectivity index (χ4v) is 1.73. The third-order valence-electron chi connectivity index (χ3n) is 2.64. The Labute approximate surface area is 111 Å². The molecule has 0 aliphatic rings. The second-order valence-electron chi connectivity index (χ2n) is 4.00. The summed E-state index contributed by atoms with van der Waals surface area (Å²) in [5.41, 5.74) is 0.825. The van der Waals surface area contributed by atoms with Crippen molar-refractivity contribution in [1.82, 2.24) is 9.97 Å². The highest BCUT2D eigenvalue weighted by Gasteiger charge is 2.21. The highest BCUT2D eigenvalue weighted by atomic mass is 16.5. The van der Waals surface area contributed by atoms with Crippen LogP contribution in [0.3, 0.4) is 0 Å². The summed E-state index contributed by atoms with van der Waals surface area (Å²) in [6.07, 6.45) is 1.64. The van der Waals surface area contributed by atoms with Gasteiger partial charge in [0.25, 0.3) is 0 Å². The van der Waals surface area contributed by atoms with Crippen LogP contribution in [0.1, 0.15) is 17.4 Å². The molecule has 2 aromatic rings. The number of aryl methyl sites for hydroxylation is 1. The highest BCUT2D eigenvalue weighted by molar-refractivity contribution is 5.80. The van der Waals surface area contributed by atoms with Crippen molar-refractivity contribution in [2.75, 3.05) is 12.4 Å². The average molecular weight is 257 g/mol. The lowest BCUT2D eigenvalue weighted by Gasteiger charge is -2.17. The maximum atomic E-state index is 11.9. The van der Waals surface area contributed by atoms with E-state index in [2.05, 4.69) is 15.3 Å². The second kappa shape index (κ2) is 5.95. The van der Waals surface area contributed by atoms with Crippen LogP contribution < -0.4 is 5.32 Å². The molecule has 0 aliphatic heterocycles. The van der Waals surface area contributed by atoms with Crippen LogP contribution >= 0.6 is 0 Å². The molecular formula is C14H15N3O2. The number of carbonyl (C=O) groups is 1. The number of hydrogen-bond acceptors (Lipinski definition) is 5. The molecule has 1 unspecified atom stereocenters. The van der Waals surface area contributed by atoms with Crippen LogP contribution in [0, 0.1) is 6.92 Å². The Morgan fingerprint density at radius 3 is 2.63 bits per heavy atom. The maximum absolute atomic E-state index is 11.9. The van der Waals surface area contributed by atoms with Crippen LogP contribution in [0.4, 0.5) is 5.82 Å². The third-order valence-corrected chi connectivity index (χ3v) is 2.64. The summed E-state index contributed by atoms with van der Waals surface area (Å²) < 4.78 is 4.82. The summed E-state index contributed by atoms with van der Waals surface area (Å²) >= 11 is 0. The van der Waals surface area contributed by atoms with Gasteiger partial charge in [-0.1, -0.05) is 30.3 Å². The van der Waals surface area contributed by atoms with Crippen molar-refractivity contribution in [3.05, 3.63) is 54.0 Å². The standard InChI is InChI=1S/C14H15N3O2/c1-10-15-9-8-12(16-10)17-13(14(18)19-2)11-6-4-3-5-7-11/h3-9,13H,1-2H3,(H,15,16,17). The molecule has 0 radical (unpaired) electrons. The minimum atomic E-state index is -0.583. The number of carbonyl (C=O) groups excluding carboxylic acids is 1. The summed E-state index contributed by atoms with van der Waals surface area (Å²) in [6, 6.07) is 10.5. The molecule has 0 fully saturated rings. The quantitative estimate of drug-likeness (QED) is 0.850. The fourth-order valence-electron chi connectivity index (χ4n) is 1.73. The van der Waals surface area contributed by atoms with Crippen LogP contribution in [0.15, 0.2) is 42.6 Å². The zero-order valence-corrected chi connectivity index (χ0v) is 10.8. The van der Waals surface area contributed by atoms with Gasteiger partial charge in [0.15, 0.2) is 6.04 Å². The molecule has 1 heterocycles. The summed E-state index contributed by atoms with van der Waals surface area (Å²) in [5.74, 6) is 0.871. The van der Waals surface area contributed by atoms with Crippen molar-refractivity contribution in [2.24, 2.45) is 0 Å². The van der Waals surface area contributed by atoms with E-state index < -0.39 is 6.04 Å². The Hall–Kier alpha value is -2.43. The lowest BCUT2D eigenvalue weighted by atomic mass is 10.1. The SMILES string of the molecule is COC(=O)C(Nc1ccnc(C)n1)c1ccccc1. The van der Waals surface area contributed by atoms with E-state index >= 15 is 0 Å². The van der Waals surface area contributed by atoms with Gasteiger partial charge in [-0.05, 0) is 18.6 Å². The molecule has 98 valence electrons. The Morgan fingerprint density at radius 2 is 2.00 bits per heavy atom. The van der Waals surface area contributed by atoms with E-state index in [9.17, 15) is 4.79 Å². The van der Waals surface area contributed by atoms with Gasteiger partial charge in [-0.15, -0.1) is 0 Å². The normalized spacial score (nSPS) is 11.7. The van der Waals surface area contributed by atoms with Crippen molar-refractivity contribution in [2.45, 2.75) is 13.0 Å². The van der Waals surface area contributed by atoms with Crippen LogP contribution in [0.25, 0.3) is 0 Å². The molecule has 19 heavy (non-hydrogen) atoms. The largest absolute Gasteiger partial charge is 0.467 e. The third kappa shape index (κ3) is 3.28. The summed E-state index contributed by atoms with van der Waals surface area (Å²) in [7, 11) is 1.37. The van der Waals surface area contributed by atoms with Gasteiger partial charge in [-0.3, -0.25) is 0 Å². The number of aromatic nitrogens is 2. The van der Waals surface area contributed by atoms with Crippen molar-refractivity contribution < 1.29 is 9.53 Å². The minimum Gasteiger partial charge on any atom is -0.467 e. The van der Waals surface area contributed by atoms with Gasteiger partial charge in [0.2, 0.25) is 0 Å². The molecule has 5 nitrogen and oxygen atoms in total. The van der Waals surface area contributed by atoms with Crippen LogP contribution in [-0.4, -0.2) is 23.0 Å². The van der Waals surface area contributed by atoms with E-state index in [1.807, 2.05) is 30.3 Å². The van der Waals surface area contributed by atoms with Gasteiger partial charge in [-0.25, -0.2) is 14.8 Å². The number of anilines is 1. The van der Waals surface area contributed by atoms with Gasteiger partial charge in [0, 0.05) is 6.20 Å². The first-order valence-electron chi connectivity index (χ1n) is 5.89. The number of methoxy groups -OCH3 is 1. The fraction of sp³-hybridized carbons (Fsp3) is 0.214. The Balaban J connectivity index is 2.27. The van der Waals surface area contributed by atoms with Gasteiger partial charge in [-0.2, -0.15) is 0 Å². The number of esters is 1. The number of benzene rings is 1. The smallest absolute Gasteiger partial charge is 0.333 e. The number of ether oxygens (including phenoxy) is 1. The predicted octanol–water partition coefficient (Wildman–Crippen LogP) is 2.11. The molecule has 0 spiro atoms. The molecule has 0 saturated carbocycles. The molecular weight excluding hydrogens is 242 g/mol. The first-order chi connectivity index (χ1) is 9.20. The van der Waals surface area contributed by atoms with Crippen LogP contribution in [0.5, 0.6) is 0 Å². The summed E-state index contributed by atoms with van der Waals surface area (Å²) in [4.78, 5) is 20.1. The number of rotatable bonds is 4. The van der Waals surface area contributed by atoms with Gasteiger partial charge in [0.1, 0.15) is 11.6 Å². The highest BCUT2D eigenvalue weighted by Crippen LogP contribution is 2.19. The molecule has 1 atom stereocenters. The van der Waals surface area contributed by atoms with E-state index in [-0.39, 0.29) is 5.97 Å². The van der Waals surface area contributed by atoms with Crippen molar-refractivity contribution >= 4 is 11.8 Å². The predicted molar refractivity (Wildman–Crippen MR) is 71.6 cm³/mol. The lowest BCUT2D eigenvalue weighted by molar-refractivity contribution is -0.141. The van der Waals surface area contributed by atoms with E-state index in [0.717, 1.165) is 5.56 Å².